The van der Waals surface area contributed by atoms with Crippen LogP contribution in [0.5, 0.6) is 0 Å². The molecule has 0 bridgehead atoms. The number of carbonyl (C=O) groups is 1. The molecule has 310 valence electrons. The van der Waals surface area contributed by atoms with Gasteiger partial charge in [-0.1, -0.05) is 54.1 Å². The van der Waals surface area contributed by atoms with Gasteiger partial charge in [0, 0.05) is 33.0 Å². The number of hydrogen-bond donors (Lipinski definition) is 0. The Morgan fingerprint density at radius 1 is 1.08 bits per heavy atom. The van der Waals surface area contributed by atoms with E-state index in [0.717, 1.165) is 12.1 Å². The molecule has 4 aromatic rings. The van der Waals surface area contributed by atoms with E-state index < -0.39 is 55.0 Å². The summed E-state index contributed by atoms with van der Waals surface area (Å²) in [7, 11) is -4.21. The van der Waals surface area contributed by atoms with Gasteiger partial charge in [-0.25, -0.2) is 32.2 Å². The fraction of sp³-hybridized carbons (Fsp3) is 0.268. The lowest BCUT2D eigenvalue weighted by Crippen LogP contribution is -2.47. The van der Waals surface area contributed by atoms with E-state index in [1.807, 2.05) is 6.07 Å². The maximum atomic E-state index is 16.0. The summed E-state index contributed by atoms with van der Waals surface area (Å²) >= 11 is 7.84. The summed E-state index contributed by atoms with van der Waals surface area (Å²) in [5, 5.41) is 12.0. The number of esters is 1. The van der Waals surface area contributed by atoms with E-state index >= 15 is 4.39 Å². The molecule has 1 aliphatic rings. The van der Waals surface area contributed by atoms with Crippen LogP contribution in [-0.2, 0) is 51.1 Å². The predicted molar refractivity (Wildman–Crippen MR) is 215 cm³/mol. The maximum absolute atomic E-state index is 16.0. The van der Waals surface area contributed by atoms with E-state index in [-0.39, 0.29) is 65.5 Å². The van der Waals surface area contributed by atoms with Gasteiger partial charge in [-0.2, -0.15) is 10.4 Å². The fourth-order valence-corrected chi connectivity index (χ4v) is 8.46. The summed E-state index contributed by atoms with van der Waals surface area (Å²) in [5.74, 6) is -3.36. The van der Waals surface area contributed by atoms with Crippen molar-refractivity contribution in [1.29, 1.82) is 5.26 Å². The van der Waals surface area contributed by atoms with Crippen LogP contribution in [0.4, 0.5) is 13.2 Å². The van der Waals surface area contributed by atoms with Crippen molar-refractivity contribution in [2.75, 3.05) is 26.4 Å². The van der Waals surface area contributed by atoms with Gasteiger partial charge in [0.1, 0.15) is 30.1 Å². The summed E-state index contributed by atoms with van der Waals surface area (Å²) in [5.41, 5.74) is -1.61. The third-order valence-electron chi connectivity index (χ3n) is 8.66. The number of ether oxygens (including phenoxy) is 3. The van der Waals surface area contributed by atoms with Crippen LogP contribution in [0, 0.1) is 28.8 Å². The summed E-state index contributed by atoms with van der Waals surface area (Å²) in [6.45, 7) is 7.96. The minimum absolute atomic E-state index is 0.0488. The SMILES string of the molecule is C=CCOP(=O)(OCC=C)OCc1c(Cl)cccc1C(=O)O[C@@](Cn1cncn1)(c1ccc(F)cc1F)[C@@H](C)S[C@H]1CO[C@H](C=CC=Cc2ccc(C#N)cc2F)OC1. The Balaban J connectivity index is 1.40. The van der Waals surface area contributed by atoms with E-state index in [4.69, 9.17) is 44.6 Å². The molecule has 5 rings (SSSR count). The summed E-state index contributed by atoms with van der Waals surface area (Å²) in [4.78, 5) is 18.4. The minimum atomic E-state index is -4.21. The summed E-state index contributed by atoms with van der Waals surface area (Å²) in [6, 6.07) is 13.4. The van der Waals surface area contributed by atoms with Gasteiger partial charge in [0.15, 0.2) is 11.9 Å². The van der Waals surface area contributed by atoms with E-state index in [2.05, 4.69) is 23.2 Å². The standard InChI is InChI=1S/C41H39ClF3N4O8PS/c1-4-17-54-58(51,55-18-5-2)56-24-34-33(10-8-11-36(34)42)40(50)57-41(25-49-27-47-26-48-49,35-16-15-31(43)20-38(35)45)28(3)59-32-22-52-39(53-23-32)12-7-6-9-30-14-13-29(21-46)19-37(30)44/h4-16,19-20,26-28,32,39H,1-2,17-18,22-25H2,3H3/t28-,32-,39-,41-/m1/s1. The molecule has 0 radical (unpaired) electrons. The zero-order valence-electron chi connectivity index (χ0n) is 31.6. The van der Waals surface area contributed by atoms with Crippen molar-refractivity contribution in [2.45, 2.75) is 42.5 Å². The number of allylic oxidation sites excluding steroid dienone is 2. The number of nitrogens with zero attached hydrogens (tertiary/aromatic N) is 4. The van der Waals surface area contributed by atoms with Gasteiger partial charge < -0.3 is 14.2 Å². The van der Waals surface area contributed by atoms with Gasteiger partial charge in [-0.05, 0) is 49.4 Å². The second kappa shape index (κ2) is 21.4. The van der Waals surface area contributed by atoms with Gasteiger partial charge in [0.2, 0.25) is 0 Å². The topological polar surface area (TPSA) is 144 Å². The average molecular weight is 871 g/mol. The van der Waals surface area contributed by atoms with Gasteiger partial charge >= 0.3 is 13.8 Å². The second-order valence-corrected chi connectivity index (χ2v) is 16.4. The van der Waals surface area contributed by atoms with Crippen LogP contribution in [0.15, 0.2) is 111 Å². The van der Waals surface area contributed by atoms with Crippen molar-refractivity contribution in [3.05, 3.63) is 161 Å². The van der Waals surface area contributed by atoms with Crippen molar-refractivity contribution in [3.63, 3.8) is 0 Å². The maximum Gasteiger partial charge on any atom is 0.475 e. The number of nitriles is 1. The first kappa shape index (κ1) is 45.3. The summed E-state index contributed by atoms with van der Waals surface area (Å²) in [6.07, 6.45) is 11.0. The predicted octanol–water partition coefficient (Wildman–Crippen LogP) is 9.14. The molecule has 2 heterocycles. The number of carbonyl (C=O) groups excluding carboxylic acids is 1. The normalized spacial score (nSPS) is 17.4. The molecular formula is C41H39ClF3N4O8PS. The molecule has 0 saturated carbocycles. The number of thioether (sulfide) groups is 1. The molecule has 12 nitrogen and oxygen atoms in total. The fourth-order valence-electron chi connectivity index (χ4n) is 5.79. The molecule has 0 aliphatic carbocycles. The zero-order valence-corrected chi connectivity index (χ0v) is 34.1. The third-order valence-corrected chi connectivity index (χ3v) is 11.8. The minimum Gasteiger partial charge on any atom is -0.447 e. The highest BCUT2D eigenvalue weighted by atomic mass is 35.5. The quantitative estimate of drug-likeness (QED) is 0.0362. The van der Waals surface area contributed by atoms with Crippen LogP contribution in [0.2, 0.25) is 5.02 Å². The first-order valence-corrected chi connectivity index (χ1v) is 20.7. The zero-order chi connectivity index (χ0) is 42.4. The number of aromatic nitrogens is 3. The molecular weight excluding hydrogens is 832 g/mol. The molecule has 0 unspecified atom stereocenters. The van der Waals surface area contributed by atoms with Crippen molar-refractivity contribution in [2.24, 2.45) is 0 Å². The Labute approximate surface area is 348 Å². The Morgan fingerprint density at radius 2 is 1.83 bits per heavy atom. The van der Waals surface area contributed by atoms with Crippen LogP contribution in [-0.4, -0.2) is 64.0 Å². The van der Waals surface area contributed by atoms with Crippen molar-refractivity contribution < 1.29 is 50.3 Å². The van der Waals surface area contributed by atoms with Crippen molar-refractivity contribution in [1.82, 2.24) is 14.8 Å². The number of hydrogen-bond acceptors (Lipinski definition) is 12. The van der Waals surface area contributed by atoms with Crippen LogP contribution >= 0.6 is 31.2 Å². The lowest BCUT2D eigenvalue weighted by molar-refractivity contribution is -0.146. The first-order valence-electron chi connectivity index (χ1n) is 17.9. The van der Waals surface area contributed by atoms with Crippen molar-refractivity contribution in [3.8, 4) is 6.07 Å². The molecule has 1 saturated heterocycles. The van der Waals surface area contributed by atoms with E-state index in [0.29, 0.717) is 11.6 Å². The molecule has 0 N–H and O–H groups in total. The Bertz CT molecular complexity index is 2240. The monoisotopic (exact) mass is 870 g/mol. The van der Waals surface area contributed by atoms with Gasteiger partial charge in [0.05, 0.1) is 62.0 Å². The smallest absolute Gasteiger partial charge is 0.447 e. The highest BCUT2D eigenvalue weighted by Crippen LogP contribution is 2.51. The highest BCUT2D eigenvalue weighted by molar-refractivity contribution is 8.00. The first-order chi connectivity index (χ1) is 28.4. The third kappa shape index (κ3) is 12.1. The van der Waals surface area contributed by atoms with Gasteiger partial charge in [-0.15, -0.1) is 24.9 Å². The molecule has 1 aromatic heterocycles. The molecule has 0 amide bonds. The number of benzene rings is 3. The Morgan fingerprint density at radius 3 is 2.47 bits per heavy atom. The molecule has 59 heavy (non-hydrogen) atoms. The highest BCUT2D eigenvalue weighted by Gasteiger charge is 2.47. The number of phosphoric ester groups is 1. The van der Waals surface area contributed by atoms with E-state index in [1.54, 1.807) is 25.2 Å². The van der Waals surface area contributed by atoms with Crippen LogP contribution in [0.1, 0.15) is 39.5 Å². The molecule has 1 fully saturated rings. The molecule has 3 aromatic carbocycles. The van der Waals surface area contributed by atoms with E-state index in [1.165, 1.54) is 83.7 Å². The molecule has 18 heteroatoms. The largest absolute Gasteiger partial charge is 0.475 e. The number of halogens is 4. The van der Waals surface area contributed by atoms with Crippen molar-refractivity contribution >= 4 is 43.2 Å². The molecule has 2 atom stereocenters. The number of rotatable bonds is 20. The molecule has 0 spiro atoms. The van der Waals surface area contributed by atoms with E-state index in [9.17, 15) is 18.1 Å². The molecule has 1 aliphatic heterocycles. The lowest BCUT2D eigenvalue weighted by atomic mass is 9.89. The van der Waals surface area contributed by atoms with Gasteiger partial charge in [-0.3, -0.25) is 13.6 Å². The average Bonchev–Trinajstić information content (AvgIpc) is 3.74. The summed E-state index contributed by atoms with van der Waals surface area (Å²) < 4.78 is 93.7. The van der Waals surface area contributed by atoms with Crippen LogP contribution < -0.4 is 0 Å². The second-order valence-electron chi connectivity index (χ2n) is 12.7. The van der Waals surface area contributed by atoms with Gasteiger partial charge in [0.25, 0.3) is 0 Å². The van der Waals surface area contributed by atoms with Crippen LogP contribution in [0.3, 0.4) is 0 Å². The Kier molecular flexibility index (Phi) is 16.4. The Hall–Kier alpha value is -4.82. The van der Waals surface area contributed by atoms with Crippen LogP contribution in [0.25, 0.3) is 6.08 Å². The lowest BCUT2D eigenvalue weighted by Gasteiger charge is -2.40. The number of phosphoric acid groups is 1.